The molecule has 2 aromatic carbocycles. The van der Waals surface area contributed by atoms with Crippen LogP contribution in [0.4, 0.5) is 0 Å². The molecular weight excluding hydrogens is 464 g/mol. The Balaban J connectivity index is 1.51. The van der Waals surface area contributed by atoms with E-state index < -0.39 is 6.10 Å². The zero-order chi connectivity index (χ0) is 26.4. The van der Waals surface area contributed by atoms with Crippen molar-refractivity contribution < 1.29 is 23.7 Å². The lowest BCUT2D eigenvalue weighted by atomic mass is 9.70. The Morgan fingerprint density at radius 1 is 0.892 bits per heavy atom. The van der Waals surface area contributed by atoms with Crippen molar-refractivity contribution in [2.75, 3.05) is 20.8 Å². The minimum absolute atomic E-state index is 0.191. The second-order valence-electron chi connectivity index (χ2n) is 12.4. The van der Waals surface area contributed by atoms with Crippen LogP contribution in [0, 0.1) is 28.6 Å². The summed E-state index contributed by atoms with van der Waals surface area (Å²) in [6.45, 7) is 12.2. The summed E-state index contributed by atoms with van der Waals surface area (Å²) in [5, 5.41) is 0. The van der Waals surface area contributed by atoms with Gasteiger partial charge in [-0.25, -0.2) is 0 Å². The molecule has 37 heavy (non-hydrogen) atoms. The first-order valence-corrected chi connectivity index (χ1v) is 13.9. The molecule has 7 atom stereocenters. The first-order chi connectivity index (χ1) is 17.7. The molecule has 1 heterocycles. The highest BCUT2D eigenvalue weighted by Gasteiger charge is 2.69. The molecule has 1 saturated heterocycles. The first kappa shape index (κ1) is 26.5. The fourth-order valence-corrected chi connectivity index (χ4v) is 7.48. The highest BCUT2D eigenvalue weighted by molar-refractivity contribution is 5.41. The third-order valence-electron chi connectivity index (χ3n) is 9.74. The van der Waals surface area contributed by atoms with Gasteiger partial charge >= 0.3 is 0 Å². The molecule has 5 rings (SSSR count). The summed E-state index contributed by atoms with van der Waals surface area (Å²) < 4.78 is 32.0. The highest BCUT2D eigenvalue weighted by atomic mass is 16.7. The second-order valence-corrected chi connectivity index (χ2v) is 12.4. The summed E-state index contributed by atoms with van der Waals surface area (Å²) in [6.07, 6.45) is 2.58. The van der Waals surface area contributed by atoms with E-state index in [0.29, 0.717) is 29.8 Å². The van der Waals surface area contributed by atoms with Crippen molar-refractivity contribution in [2.24, 2.45) is 28.6 Å². The molecule has 2 saturated carbocycles. The maximum Gasteiger partial charge on any atom is 0.159 e. The molecule has 0 amide bonds. The Morgan fingerprint density at radius 2 is 1.49 bits per heavy atom. The van der Waals surface area contributed by atoms with Crippen molar-refractivity contribution in [3.8, 4) is 11.5 Å². The van der Waals surface area contributed by atoms with Gasteiger partial charge in [0.25, 0.3) is 0 Å². The van der Waals surface area contributed by atoms with E-state index in [-0.39, 0.29) is 23.9 Å². The number of rotatable bonds is 10. The van der Waals surface area contributed by atoms with Gasteiger partial charge in [0.2, 0.25) is 0 Å². The maximum absolute atomic E-state index is 6.98. The van der Waals surface area contributed by atoms with Crippen molar-refractivity contribution in [1.29, 1.82) is 0 Å². The van der Waals surface area contributed by atoms with Gasteiger partial charge in [-0.3, -0.25) is 0 Å². The lowest BCUT2D eigenvalue weighted by Crippen LogP contribution is -2.38. The second kappa shape index (κ2) is 10.2. The van der Waals surface area contributed by atoms with Crippen LogP contribution in [0.15, 0.2) is 48.5 Å². The molecule has 1 aliphatic heterocycles. The molecule has 2 bridgehead atoms. The minimum Gasteiger partial charge on any atom is -0.496 e. The van der Waals surface area contributed by atoms with Crippen LogP contribution >= 0.6 is 0 Å². The van der Waals surface area contributed by atoms with Crippen LogP contribution in [-0.2, 0) is 14.2 Å². The molecule has 0 spiro atoms. The van der Waals surface area contributed by atoms with E-state index in [0.717, 1.165) is 29.0 Å². The molecule has 0 unspecified atom stereocenters. The summed E-state index contributed by atoms with van der Waals surface area (Å²) in [5.41, 5.74) is 2.42. The quantitative estimate of drug-likeness (QED) is 0.335. The standard InChI is InChI=1S/C32H44O5/c1-20(2)19-35-28(21-12-8-10-14-25(21)33-6)29(22-13-9-11-15-26(22)34-7)36-27-18-23-24-16-17-32(5,30(23)37-27)31(24,3)4/h8-15,20,23-24,27-30H,16-19H2,1-7H3/t23-,24-,27-,28+,29-,30-,32+/m1/s1. The number of hydrogen-bond acceptors (Lipinski definition) is 5. The monoisotopic (exact) mass is 508 g/mol. The predicted molar refractivity (Wildman–Crippen MR) is 145 cm³/mol. The van der Waals surface area contributed by atoms with Gasteiger partial charge in [0.05, 0.1) is 20.3 Å². The lowest BCUT2D eigenvalue weighted by molar-refractivity contribution is -0.213. The van der Waals surface area contributed by atoms with Crippen LogP contribution in [0.1, 0.15) is 77.2 Å². The van der Waals surface area contributed by atoms with Gasteiger partial charge in [0.1, 0.15) is 23.7 Å². The Kier molecular flexibility index (Phi) is 7.34. The SMILES string of the molecule is COc1ccccc1[C@@H](O[C@H]1C[C@@H]2[C@H]3CC[C@@](C)([C@@H]2O1)C3(C)C)[C@@H](OCC(C)C)c1ccccc1OC. The first-order valence-electron chi connectivity index (χ1n) is 13.9. The average Bonchev–Trinajstić information content (AvgIpc) is 3.46. The predicted octanol–water partition coefficient (Wildman–Crippen LogP) is 7.36. The van der Waals surface area contributed by atoms with E-state index in [9.17, 15) is 0 Å². The van der Waals surface area contributed by atoms with Gasteiger partial charge in [-0.1, -0.05) is 71.0 Å². The zero-order valence-electron chi connectivity index (χ0n) is 23.5. The molecule has 3 fully saturated rings. The number of ether oxygens (including phenoxy) is 5. The van der Waals surface area contributed by atoms with E-state index >= 15 is 0 Å². The zero-order valence-corrected chi connectivity index (χ0v) is 23.5. The molecule has 0 N–H and O–H groups in total. The molecule has 2 aromatic rings. The van der Waals surface area contributed by atoms with Gasteiger partial charge in [-0.05, 0) is 53.6 Å². The van der Waals surface area contributed by atoms with Gasteiger partial charge in [0, 0.05) is 24.2 Å². The molecule has 5 nitrogen and oxygen atoms in total. The average molecular weight is 509 g/mol. The third kappa shape index (κ3) is 4.47. The van der Waals surface area contributed by atoms with Gasteiger partial charge in [-0.2, -0.15) is 0 Å². The van der Waals surface area contributed by atoms with Gasteiger partial charge in [0.15, 0.2) is 6.29 Å². The normalized spacial score (nSPS) is 31.4. The van der Waals surface area contributed by atoms with Gasteiger partial charge < -0.3 is 23.7 Å². The van der Waals surface area contributed by atoms with E-state index in [1.165, 1.54) is 12.8 Å². The van der Waals surface area contributed by atoms with Crippen LogP contribution in [0.3, 0.4) is 0 Å². The van der Waals surface area contributed by atoms with Crippen molar-refractivity contribution in [1.82, 2.24) is 0 Å². The van der Waals surface area contributed by atoms with Crippen LogP contribution in [-0.4, -0.2) is 33.2 Å². The van der Waals surface area contributed by atoms with Crippen molar-refractivity contribution in [2.45, 2.75) is 78.5 Å². The summed E-state index contributed by atoms with van der Waals surface area (Å²) in [6, 6.07) is 16.2. The molecular formula is C32H44O5. The van der Waals surface area contributed by atoms with E-state index in [1.54, 1.807) is 14.2 Å². The summed E-state index contributed by atoms with van der Waals surface area (Å²) in [4.78, 5) is 0. The molecule has 0 radical (unpaired) electrons. The Bertz CT molecular complexity index is 1080. The van der Waals surface area contributed by atoms with E-state index in [2.05, 4.69) is 46.8 Å². The lowest BCUT2D eigenvalue weighted by Gasteiger charge is -2.39. The number of methoxy groups -OCH3 is 2. The fourth-order valence-electron chi connectivity index (χ4n) is 7.48. The summed E-state index contributed by atoms with van der Waals surface area (Å²) in [5.74, 6) is 3.17. The van der Waals surface area contributed by atoms with E-state index in [4.69, 9.17) is 23.7 Å². The molecule has 0 aromatic heterocycles. The van der Waals surface area contributed by atoms with E-state index in [1.807, 2.05) is 36.4 Å². The molecule has 5 heteroatoms. The smallest absolute Gasteiger partial charge is 0.159 e. The third-order valence-corrected chi connectivity index (χ3v) is 9.74. The van der Waals surface area contributed by atoms with Crippen molar-refractivity contribution in [3.63, 3.8) is 0 Å². The molecule has 2 aliphatic carbocycles. The van der Waals surface area contributed by atoms with Crippen LogP contribution < -0.4 is 9.47 Å². The maximum atomic E-state index is 6.98. The Morgan fingerprint density at radius 3 is 2.05 bits per heavy atom. The summed E-state index contributed by atoms with van der Waals surface area (Å²) in [7, 11) is 3.41. The summed E-state index contributed by atoms with van der Waals surface area (Å²) >= 11 is 0. The molecule has 3 aliphatic rings. The number of para-hydroxylation sites is 2. The fraction of sp³-hybridized carbons (Fsp3) is 0.625. The number of fused-ring (bicyclic) bond motifs is 5. The Hall–Kier alpha value is -2.08. The minimum atomic E-state index is -0.423. The number of hydrogen-bond donors (Lipinski definition) is 0. The van der Waals surface area contributed by atoms with Crippen molar-refractivity contribution in [3.05, 3.63) is 59.7 Å². The molecule has 202 valence electrons. The van der Waals surface area contributed by atoms with Crippen LogP contribution in [0.25, 0.3) is 0 Å². The largest absolute Gasteiger partial charge is 0.496 e. The van der Waals surface area contributed by atoms with Crippen LogP contribution in [0.5, 0.6) is 11.5 Å². The van der Waals surface area contributed by atoms with Crippen molar-refractivity contribution >= 4 is 0 Å². The Labute approximate surface area is 222 Å². The van der Waals surface area contributed by atoms with Crippen LogP contribution in [0.2, 0.25) is 0 Å². The topological polar surface area (TPSA) is 46.2 Å². The van der Waals surface area contributed by atoms with Gasteiger partial charge in [-0.15, -0.1) is 0 Å². The highest BCUT2D eigenvalue weighted by Crippen LogP contribution is 2.71. The number of benzene rings is 2.